The van der Waals surface area contributed by atoms with Crippen LogP contribution in [0.2, 0.25) is 0 Å². The van der Waals surface area contributed by atoms with Crippen LogP contribution in [0.1, 0.15) is 16.7 Å². The summed E-state index contributed by atoms with van der Waals surface area (Å²) >= 11 is 1.73. The van der Waals surface area contributed by atoms with E-state index < -0.39 is 0 Å². The molecule has 4 heteroatoms. The molecule has 0 bridgehead atoms. The lowest BCUT2D eigenvalue weighted by Gasteiger charge is -2.17. The van der Waals surface area contributed by atoms with Gasteiger partial charge in [0.05, 0.1) is 6.54 Å². The molecule has 0 fully saturated rings. The van der Waals surface area contributed by atoms with Crippen LogP contribution < -0.4 is 5.32 Å². The summed E-state index contributed by atoms with van der Waals surface area (Å²) in [7, 11) is 1.97. The van der Waals surface area contributed by atoms with Crippen LogP contribution in [0.3, 0.4) is 0 Å². The molecular formula is C24H26N2OS. The van der Waals surface area contributed by atoms with Crippen molar-refractivity contribution in [1.82, 2.24) is 4.90 Å². The maximum Gasteiger partial charge on any atom is 0.238 e. The monoisotopic (exact) mass is 390 g/mol. The number of para-hydroxylation sites is 1. The predicted octanol–water partition coefficient (Wildman–Crippen LogP) is 5.07. The third kappa shape index (κ3) is 5.98. The molecule has 0 aliphatic heterocycles. The van der Waals surface area contributed by atoms with Gasteiger partial charge in [-0.05, 0) is 54.6 Å². The molecule has 0 unspecified atom stereocenters. The maximum atomic E-state index is 12.6. The van der Waals surface area contributed by atoms with Crippen LogP contribution in [-0.2, 0) is 17.8 Å². The second kappa shape index (κ2) is 10.1. The van der Waals surface area contributed by atoms with Crippen LogP contribution >= 0.6 is 11.8 Å². The molecule has 0 saturated carbocycles. The summed E-state index contributed by atoms with van der Waals surface area (Å²) in [5.74, 6) is 0.00347. The van der Waals surface area contributed by atoms with Crippen molar-refractivity contribution in [2.75, 3.05) is 25.2 Å². The molecule has 0 spiro atoms. The third-order valence-corrected chi connectivity index (χ3v) is 5.30. The summed E-state index contributed by atoms with van der Waals surface area (Å²) in [6.07, 6.45) is 2.87. The summed E-state index contributed by atoms with van der Waals surface area (Å²) < 4.78 is 0. The molecule has 0 aromatic heterocycles. The summed E-state index contributed by atoms with van der Waals surface area (Å²) in [5, 5.41) is 3.08. The Balaban J connectivity index is 1.58. The first-order valence-electron chi connectivity index (χ1n) is 9.37. The summed E-state index contributed by atoms with van der Waals surface area (Å²) in [6, 6.07) is 26.8. The number of anilines is 1. The van der Waals surface area contributed by atoms with E-state index in [9.17, 15) is 4.79 Å². The van der Waals surface area contributed by atoms with Gasteiger partial charge in [-0.1, -0.05) is 60.7 Å². The highest BCUT2D eigenvalue weighted by Crippen LogP contribution is 2.19. The standard InChI is InChI=1S/C24H26N2OS/c1-26(17-20-12-14-22(28-2)15-13-20)18-24(27)25-23-11-7-6-10-21(23)16-19-8-4-3-5-9-19/h3-15H,16-18H2,1-2H3,(H,25,27). The number of nitrogens with one attached hydrogen (secondary N) is 1. The molecule has 0 aliphatic carbocycles. The Morgan fingerprint density at radius 2 is 1.57 bits per heavy atom. The lowest BCUT2D eigenvalue weighted by Crippen LogP contribution is -2.30. The minimum absolute atomic E-state index is 0.00347. The first-order valence-corrected chi connectivity index (χ1v) is 10.6. The van der Waals surface area contributed by atoms with Gasteiger partial charge < -0.3 is 5.32 Å². The van der Waals surface area contributed by atoms with Gasteiger partial charge in [0.2, 0.25) is 5.91 Å². The number of hydrogen-bond acceptors (Lipinski definition) is 3. The Bertz CT molecular complexity index is 894. The van der Waals surface area contributed by atoms with Crippen molar-refractivity contribution >= 4 is 23.4 Å². The zero-order valence-electron chi connectivity index (χ0n) is 16.4. The SMILES string of the molecule is CSc1ccc(CN(C)CC(=O)Nc2ccccc2Cc2ccccc2)cc1. The fourth-order valence-corrected chi connectivity index (χ4v) is 3.55. The summed E-state index contributed by atoms with van der Waals surface area (Å²) in [4.78, 5) is 15.8. The maximum absolute atomic E-state index is 12.6. The summed E-state index contributed by atoms with van der Waals surface area (Å²) in [6.45, 7) is 1.09. The Morgan fingerprint density at radius 3 is 2.29 bits per heavy atom. The van der Waals surface area contributed by atoms with E-state index in [1.807, 2.05) is 48.3 Å². The number of thioether (sulfide) groups is 1. The van der Waals surface area contributed by atoms with Crippen LogP contribution in [-0.4, -0.2) is 30.7 Å². The Kier molecular flexibility index (Phi) is 7.29. The van der Waals surface area contributed by atoms with Crippen molar-refractivity contribution in [2.45, 2.75) is 17.9 Å². The lowest BCUT2D eigenvalue weighted by molar-refractivity contribution is -0.117. The summed E-state index contributed by atoms with van der Waals surface area (Å²) in [5.41, 5.74) is 4.44. The number of benzene rings is 3. The number of carbonyl (C=O) groups excluding carboxylic acids is 1. The van der Waals surface area contributed by atoms with Crippen molar-refractivity contribution in [2.24, 2.45) is 0 Å². The van der Waals surface area contributed by atoms with Crippen LogP contribution in [0, 0.1) is 0 Å². The number of nitrogens with zero attached hydrogens (tertiary/aromatic N) is 1. The first kappa shape index (κ1) is 20.2. The zero-order valence-corrected chi connectivity index (χ0v) is 17.2. The molecule has 1 N–H and O–H groups in total. The van der Waals surface area contributed by atoms with E-state index in [1.54, 1.807) is 11.8 Å². The second-order valence-corrected chi connectivity index (χ2v) is 7.77. The number of likely N-dealkylation sites (N-methyl/N-ethyl adjacent to an activating group) is 1. The van der Waals surface area contributed by atoms with E-state index in [2.05, 4.69) is 54.0 Å². The lowest BCUT2D eigenvalue weighted by atomic mass is 10.0. The van der Waals surface area contributed by atoms with Gasteiger partial charge in [0.15, 0.2) is 0 Å². The van der Waals surface area contributed by atoms with Gasteiger partial charge in [-0.3, -0.25) is 9.69 Å². The number of rotatable bonds is 8. The average molecular weight is 391 g/mol. The van der Waals surface area contributed by atoms with Gasteiger partial charge in [0.1, 0.15) is 0 Å². The molecule has 0 saturated heterocycles. The molecule has 28 heavy (non-hydrogen) atoms. The third-order valence-electron chi connectivity index (χ3n) is 4.55. The van der Waals surface area contributed by atoms with Gasteiger partial charge in [0, 0.05) is 17.1 Å². The molecule has 0 aliphatic rings. The normalized spacial score (nSPS) is 10.8. The first-order chi connectivity index (χ1) is 13.6. The number of carbonyl (C=O) groups is 1. The Hall–Kier alpha value is -2.56. The smallest absolute Gasteiger partial charge is 0.238 e. The average Bonchev–Trinajstić information content (AvgIpc) is 2.70. The van der Waals surface area contributed by atoms with Gasteiger partial charge in [0.25, 0.3) is 0 Å². The van der Waals surface area contributed by atoms with E-state index in [1.165, 1.54) is 16.0 Å². The minimum Gasteiger partial charge on any atom is -0.325 e. The molecule has 0 atom stereocenters. The van der Waals surface area contributed by atoms with E-state index in [4.69, 9.17) is 0 Å². The second-order valence-electron chi connectivity index (χ2n) is 6.89. The molecule has 3 aromatic carbocycles. The van der Waals surface area contributed by atoms with Crippen molar-refractivity contribution in [1.29, 1.82) is 0 Å². The highest BCUT2D eigenvalue weighted by molar-refractivity contribution is 7.98. The van der Waals surface area contributed by atoms with Crippen molar-refractivity contribution in [3.8, 4) is 0 Å². The molecule has 144 valence electrons. The van der Waals surface area contributed by atoms with Gasteiger partial charge >= 0.3 is 0 Å². The fourth-order valence-electron chi connectivity index (χ4n) is 3.15. The molecular weight excluding hydrogens is 364 g/mol. The minimum atomic E-state index is 0.00347. The van der Waals surface area contributed by atoms with Crippen molar-refractivity contribution in [3.05, 3.63) is 95.6 Å². The van der Waals surface area contributed by atoms with Crippen molar-refractivity contribution < 1.29 is 4.79 Å². The zero-order chi connectivity index (χ0) is 19.8. The Morgan fingerprint density at radius 1 is 0.893 bits per heavy atom. The highest BCUT2D eigenvalue weighted by atomic mass is 32.2. The molecule has 1 amide bonds. The molecule has 0 heterocycles. The molecule has 3 nitrogen and oxygen atoms in total. The predicted molar refractivity (Wildman–Crippen MR) is 119 cm³/mol. The number of amides is 1. The van der Waals surface area contributed by atoms with Gasteiger partial charge in [-0.2, -0.15) is 0 Å². The molecule has 3 aromatic rings. The topological polar surface area (TPSA) is 32.3 Å². The van der Waals surface area contributed by atoms with E-state index in [0.29, 0.717) is 6.54 Å². The Labute approximate surface area is 171 Å². The van der Waals surface area contributed by atoms with Gasteiger partial charge in [-0.25, -0.2) is 0 Å². The van der Waals surface area contributed by atoms with Crippen LogP contribution in [0.15, 0.2) is 83.8 Å². The van der Waals surface area contributed by atoms with Crippen LogP contribution in [0.25, 0.3) is 0 Å². The quantitative estimate of drug-likeness (QED) is 0.545. The largest absolute Gasteiger partial charge is 0.325 e. The van der Waals surface area contributed by atoms with Crippen molar-refractivity contribution in [3.63, 3.8) is 0 Å². The van der Waals surface area contributed by atoms with Gasteiger partial charge in [-0.15, -0.1) is 11.8 Å². The fraction of sp³-hybridized carbons (Fsp3) is 0.208. The van der Waals surface area contributed by atoms with E-state index in [0.717, 1.165) is 24.2 Å². The highest BCUT2D eigenvalue weighted by Gasteiger charge is 2.10. The van der Waals surface area contributed by atoms with Crippen LogP contribution in [0.4, 0.5) is 5.69 Å². The van der Waals surface area contributed by atoms with E-state index in [-0.39, 0.29) is 5.91 Å². The van der Waals surface area contributed by atoms with Crippen LogP contribution in [0.5, 0.6) is 0 Å². The molecule has 3 rings (SSSR count). The number of hydrogen-bond donors (Lipinski definition) is 1. The van der Waals surface area contributed by atoms with E-state index >= 15 is 0 Å². The molecule has 0 radical (unpaired) electrons.